The molecule has 0 unspecified atom stereocenters. The zero-order valence-corrected chi connectivity index (χ0v) is 15.7. The third-order valence-corrected chi connectivity index (χ3v) is 4.61. The van der Waals surface area contributed by atoms with E-state index >= 15 is 0 Å². The summed E-state index contributed by atoms with van der Waals surface area (Å²) in [6.07, 6.45) is 4.56. The summed E-state index contributed by atoms with van der Waals surface area (Å²) in [5, 5.41) is 4.13. The van der Waals surface area contributed by atoms with Crippen molar-refractivity contribution in [3.05, 3.63) is 48.8 Å². The Labute approximate surface area is 153 Å². The first kappa shape index (κ1) is 18.2. The molecular weight excluding hydrogens is 350 g/mol. The van der Waals surface area contributed by atoms with E-state index in [0.29, 0.717) is 18.2 Å². The Morgan fingerprint density at radius 2 is 1.85 bits per heavy atom. The second-order valence-electron chi connectivity index (χ2n) is 6.77. The third-order valence-electron chi connectivity index (χ3n) is 3.68. The molecule has 0 radical (unpaired) electrons. The lowest BCUT2D eigenvalue weighted by molar-refractivity contribution is 0.476. The van der Waals surface area contributed by atoms with Gasteiger partial charge in [0.2, 0.25) is 10.0 Å². The summed E-state index contributed by atoms with van der Waals surface area (Å²) in [6, 6.07) is 11.4. The first-order chi connectivity index (χ1) is 12.2. The van der Waals surface area contributed by atoms with Gasteiger partial charge >= 0.3 is 0 Å². The number of para-hydroxylation sites is 1. The van der Waals surface area contributed by atoms with Crippen LogP contribution < -0.4 is 10.0 Å². The van der Waals surface area contributed by atoms with Crippen molar-refractivity contribution in [2.75, 3.05) is 18.1 Å². The fourth-order valence-corrected chi connectivity index (χ4v) is 3.75. The molecule has 7 nitrogen and oxygen atoms in total. The second-order valence-corrected chi connectivity index (χ2v) is 8.51. The Bertz CT molecular complexity index is 1020. The molecule has 1 aromatic carbocycles. The van der Waals surface area contributed by atoms with Crippen molar-refractivity contribution >= 4 is 26.7 Å². The number of pyridine rings is 1. The largest absolute Gasteiger partial charge is 0.368 e. The van der Waals surface area contributed by atoms with E-state index in [9.17, 15) is 8.42 Å². The lowest BCUT2D eigenvalue weighted by Gasteiger charge is -2.26. The van der Waals surface area contributed by atoms with Crippen molar-refractivity contribution < 1.29 is 8.42 Å². The summed E-state index contributed by atoms with van der Waals surface area (Å²) in [7, 11) is -3.31. The highest BCUT2D eigenvalue weighted by molar-refractivity contribution is 7.88. The van der Waals surface area contributed by atoms with E-state index in [4.69, 9.17) is 0 Å². The second kappa shape index (κ2) is 6.97. The summed E-state index contributed by atoms with van der Waals surface area (Å²) in [6.45, 7) is 3.99. The minimum atomic E-state index is -3.31. The standard InChI is InChI=1S/C18H21N5O2S/c1-18(2,23-26(3,24)25)12-20-17-14-8-4-5-9-15(14)21-16(22-17)13-7-6-10-19-11-13/h4-11,23H,12H2,1-3H3,(H,20,21,22). The van der Waals surface area contributed by atoms with Gasteiger partial charge in [0.15, 0.2) is 5.82 Å². The predicted octanol–water partition coefficient (Wildman–Crippen LogP) is 2.43. The molecular formula is C18H21N5O2S. The molecule has 0 bridgehead atoms. The van der Waals surface area contributed by atoms with Crippen LogP contribution >= 0.6 is 0 Å². The van der Waals surface area contributed by atoms with Crippen LogP contribution in [-0.2, 0) is 10.0 Å². The molecule has 3 aromatic rings. The summed E-state index contributed by atoms with van der Waals surface area (Å²) in [4.78, 5) is 13.4. The van der Waals surface area contributed by atoms with Gasteiger partial charge in [-0.3, -0.25) is 4.98 Å². The Morgan fingerprint density at radius 3 is 2.54 bits per heavy atom. The predicted molar refractivity (Wildman–Crippen MR) is 103 cm³/mol. The summed E-state index contributed by atoms with van der Waals surface area (Å²) in [5.41, 5.74) is 0.946. The number of rotatable bonds is 6. The zero-order chi connectivity index (χ0) is 18.8. The van der Waals surface area contributed by atoms with Crippen LogP contribution in [0.2, 0.25) is 0 Å². The summed E-state index contributed by atoms with van der Waals surface area (Å²) in [5.74, 6) is 1.21. The molecule has 0 atom stereocenters. The number of fused-ring (bicyclic) bond motifs is 1. The first-order valence-electron chi connectivity index (χ1n) is 8.14. The monoisotopic (exact) mass is 371 g/mol. The van der Waals surface area contributed by atoms with Crippen LogP contribution in [0.1, 0.15) is 13.8 Å². The number of nitrogens with zero attached hydrogens (tertiary/aromatic N) is 3. The molecule has 2 heterocycles. The van der Waals surface area contributed by atoms with E-state index in [1.54, 1.807) is 12.4 Å². The van der Waals surface area contributed by atoms with Gasteiger partial charge in [-0.2, -0.15) is 0 Å². The van der Waals surface area contributed by atoms with Gasteiger partial charge in [0.1, 0.15) is 5.82 Å². The highest BCUT2D eigenvalue weighted by atomic mass is 32.2. The van der Waals surface area contributed by atoms with Gasteiger partial charge in [0, 0.05) is 35.4 Å². The normalized spacial score (nSPS) is 12.3. The van der Waals surface area contributed by atoms with Crippen molar-refractivity contribution in [1.29, 1.82) is 0 Å². The molecule has 0 amide bonds. The first-order valence-corrected chi connectivity index (χ1v) is 10.0. The van der Waals surface area contributed by atoms with Gasteiger partial charge in [-0.1, -0.05) is 12.1 Å². The number of benzene rings is 1. The van der Waals surface area contributed by atoms with Crippen molar-refractivity contribution in [2.45, 2.75) is 19.4 Å². The number of anilines is 1. The topological polar surface area (TPSA) is 96.9 Å². The number of sulfonamides is 1. The molecule has 0 aliphatic rings. The zero-order valence-electron chi connectivity index (χ0n) is 14.9. The Morgan fingerprint density at radius 1 is 1.08 bits per heavy atom. The van der Waals surface area contributed by atoms with Gasteiger partial charge in [0.05, 0.1) is 11.8 Å². The lowest BCUT2D eigenvalue weighted by Crippen LogP contribution is -2.47. The van der Waals surface area contributed by atoms with Crippen LogP contribution in [0.25, 0.3) is 22.3 Å². The molecule has 26 heavy (non-hydrogen) atoms. The van der Waals surface area contributed by atoms with E-state index in [1.807, 2.05) is 50.2 Å². The molecule has 136 valence electrons. The van der Waals surface area contributed by atoms with Crippen LogP contribution in [0, 0.1) is 0 Å². The van der Waals surface area contributed by atoms with Crippen molar-refractivity contribution in [3.8, 4) is 11.4 Å². The average molecular weight is 371 g/mol. The molecule has 0 aliphatic heterocycles. The molecule has 3 rings (SSSR count). The maximum absolute atomic E-state index is 11.5. The van der Waals surface area contributed by atoms with E-state index in [2.05, 4.69) is 25.0 Å². The van der Waals surface area contributed by atoms with Crippen LogP contribution in [-0.4, -0.2) is 41.7 Å². The minimum absolute atomic E-state index is 0.369. The molecule has 2 N–H and O–H groups in total. The van der Waals surface area contributed by atoms with Gasteiger partial charge in [-0.05, 0) is 38.1 Å². The number of hydrogen-bond donors (Lipinski definition) is 2. The molecule has 0 saturated heterocycles. The van der Waals surface area contributed by atoms with Crippen LogP contribution in [0.15, 0.2) is 48.8 Å². The van der Waals surface area contributed by atoms with E-state index in [1.165, 1.54) is 0 Å². The van der Waals surface area contributed by atoms with Crippen LogP contribution in [0.4, 0.5) is 5.82 Å². The Hall–Kier alpha value is -2.58. The quantitative estimate of drug-likeness (QED) is 0.691. The maximum atomic E-state index is 11.5. The molecule has 8 heteroatoms. The molecule has 0 aliphatic carbocycles. The highest BCUT2D eigenvalue weighted by Gasteiger charge is 2.22. The minimum Gasteiger partial charge on any atom is -0.368 e. The SMILES string of the molecule is CC(C)(CNc1nc(-c2cccnc2)nc2ccccc12)NS(C)(=O)=O. The summed E-state index contributed by atoms with van der Waals surface area (Å²) < 4.78 is 25.7. The molecule has 0 fully saturated rings. The fourth-order valence-electron chi connectivity index (χ4n) is 2.68. The number of nitrogens with one attached hydrogen (secondary N) is 2. The van der Waals surface area contributed by atoms with Gasteiger partial charge in [-0.15, -0.1) is 0 Å². The van der Waals surface area contributed by atoms with Gasteiger partial charge < -0.3 is 5.32 Å². The van der Waals surface area contributed by atoms with Crippen LogP contribution in [0.5, 0.6) is 0 Å². The maximum Gasteiger partial charge on any atom is 0.209 e. The summed E-state index contributed by atoms with van der Waals surface area (Å²) >= 11 is 0. The fraction of sp³-hybridized carbons (Fsp3) is 0.278. The molecule has 0 spiro atoms. The van der Waals surface area contributed by atoms with Crippen molar-refractivity contribution in [2.24, 2.45) is 0 Å². The molecule has 0 saturated carbocycles. The lowest BCUT2D eigenvalue weighted by atomic mass is 10.1. The number of hydrogen-bond acceptors (Lipinski definition) is 6. The average Bonchev–Trinajstić information content (AvgIpc) is 2.58. The number of aromatic nitrogens is 3. The Balaban J connectivity index is 1.97. The van der Waals surface area contributed by atoms with E-state index in [-0.39, 0.29) is 0 Å². The van der Waals surface area contributed by atoms with Gasteiger partial charge in [0.25, 0.3) is 0 Å². The highest BCUT2D eigenvalue weighted by Crippen LogP contribution is 2.24. The van der Waals surface area contributed by atoms with Crippen LogP contribution in [0.3, 0.4) is 0 Å². The Kier molecular flexibility index (Phi) is 4.88. The van der Waals surface area contributed by atoms with E-state index in [0.717, 1.165) is 22.7 Å². The van der Waals surface area contributed by atoms with Crippen molar-refractivity contribution in [3.63, 3.8) is 0 Å². The van der Waals surface area contributed by atoms with Crippen molar-refractivity contribution in [1.82, 2.24) is 19.7 Å². The third kappa shape index (κ3) is 4.53. The smallest absolute Gasteiger partial charge is 0.209 e. The van der Waals surface area contributed by atoms with E-state index < -0.39 is 15.6 Å². The van der Waals surface area contributed by atoms with Gasteiger partial charge in [-0.25, -0.2) is 23.1 Å². The molecule has 2 aromatic heterocycles.